The molecule has 2 amide bonds. The summed E-state index contributed by atoms with van der Waals surface area (Å²) in [7, 11) is 0. The molecule has 0 unspecified atom stereocenters. The van der Waals surface area contributed by atoms with Crippen LogP contribution in [0, 0.1) is 0 Å². The Labute approximate surface area is 159 Å². The molecule has 4 rings (SSSR count). The van der Waals surface area contributed by atoms with Gasteiger partial charge in [-0.05, 0) is 33.3 Å². The number of carbonyl (C=O) groups excluding carboxylic acids is 2. The quantitative estimate of drug-likeness (QED) is 0.759. The molecule has 0 spiro atoms. The van der Waals surface area contributed by atoms with Crippen molar-refractivity contribution < 1.29 is 23.8 Å². The van der Waals surface area contributed by atoms with Gasteiger partial charge in [0, 0.05) is 0 Å². The van der Waals surface area contributed by atoms with Crippen molar-refractivity contribution in [1.82, 2.24) is 9.80 Å². The van der Waals surface area contributed by atoms with E-state index in [9.17, 15) is 9.59 Å². The van der Waals surface area contributed by atoms with Crippen LogP contribution in [0.5, 0.6) is 0 Å². The Morgan fingerprint density at radius 2 is 2.00 bits per heavy atom. The fraction of sp³-hybridized carbons (Fsp3) is 0.600. The Morgan fingerprint density at radius 1 is 1.30 bits per heavy atom. The predicted molar refractivity (Wildman–Crippen MR) is 96.7 cm³/mol. The van der Waals surface area contributed by atoms with Gasteiger partial charge in [0.15, 0.2) is 11.8 Å². The Morgan fingerprint density at radius 3 is 2.67 bits per heavy atom. The van der Waals surface area contributed by atoms with Gasteiger partial charge in [-0.2, -0.15) is 0 Å². The number of nitrogens with zero attached hydrogens (tertiary/aromatic N) is 2. The summed E-state index contributed by atoms with van der Waals surface area (Å²) in [6.07, 6.45) is -0.972. The highest BCUT2D eigenvalue weighted by Crippen LogP contribution is 2.44. The van der Waals surface area contributed by atoms with Gasteiger partial charge in [-0.15, -0.1) is 0 Å². The maximum Gasteiger partial charge on any atom is 0.413 e. The van der Waals surface area contributed by atoms with Crippen LogP contribution in [0.4, 0.5) is 4.79 Å². The first-order valence-electron chi connectivity index (χ1n) is 9.32. The van der Waals surface area contributed by atoms with Crippen LogP contribution in [0.15, 0.2) is 30.3 Å². The normalized spacial score (nSPS) is 32.1. The standard InChI is InChI=1S/C20H26N2O5/c1-19(2,3)27-18(24)22-14-11-26-20(22,4)12-21-15(14)16(17(21)23)25-10-13-8-6-5-7-9-13/h5-9,14-16H,10-12H2,1-4H3/t14-,15+,16-,20+/m0/s1. The lowest BCUT2D eigenvalue weighted by Gasteiger charge is -2.57. The Bertz CT molecular complexity index is 746. The third-order valence-corrected chi connectivity index (χ3v) is 5.32. The van der Waals surface area contributed by atoms with Gasteiger partial charge < -0.3 is 19.1 Å². The zero-order chi connectivity index (χ0) is 19.4. The van der Waals surface area contributed by atoms with Crippen molar-refractivity contribution in [3.8, 4) is 0 Å². The molecule has 7 nitrogen and oxygen atoms in total. The topological polar surface area (TPSA) is 68.3 Å². The lowest BCUT2D eigenvalue weighted by atomic mass is 9.86. The van der Waals surface area contributed by atoms with E-state index in [0.29, 0.717) is 19.8 Å². The lowest BCUT2D eigenvalue weighted by Crippen LogP contribution is -2.79. The summed E-state index contributed by atoms with van der Waals surface area (Å²) in [6, 6.07) is 9.27. The van der Waals surface area contributed by atoms with Crippen LogP contribution in [-0.2, 0) is 25.6 Å². The van der Waals surface area contributed by atoms with Gasteiger partial charge in [0.05, 0.1) is 31.8 Å². The number of rotatable bonds is 3. The van der Waals surface area contributed by atoms with Gasteiger partial charge in [0.2, 0.25) is 0 Å². The van der Waals surface area contributed by atoms with Crippen LogP contribution in [0.1, 0.15) is 33.3 Å². The zero-order valence-electron chi connectivity index (χ0n) is 16.2. The number of hydrogen-bond donors (Lipinski definition) is 0. The largest absolute Gasteiger partial charge is 0.444 e. The fourth-order valence-electron chi connectivity index (χ4n) is 4.15. The van der Waals surface area contributed by atoms with Gasteiger partial charge in [0.25, 0.3) is 5.91 Å². The third kappa shape index (κ3) is 3.08. The molecule has 0 aliphatic carbocycles. The molecule has 3 saturated heterocycles. The Kier molecular flexibility index (Phi) is 4.20. The molecule has 0 radical (unpaired) electrons. The predicted octanol–water partition coefficient (Wildman–Crippen LogP) is 2.15. The first-order valence-corrected chi connectivity index (χ1v) is 9.32. The first-order chi connectivity index (χ1) is 12.7. The van der Waals surface area contributed by atoms with Crippen molar-refractivity contribution >= 4 is 12.0 Å². The maximum absolute atomic E-state index is 12.8. The Hall–Kier alpha value is -2.12. The van der Waals surface area contributed by atoms with Crippen LogP contribution < -0.4 is 0 Å². The van der Waals surface area contributed by atoms with E-state index in [1.807, 2.05) is 58.0 Å². The third-order valence-electron chi connectivity index (χ3n) is 5.32. The van der Waals surface area contributed by atoms with Gasteiger partial charge >= 0.3 is 6.09 Å². The van der Waals surface area contributed by atoms with E-state index >= 15 is 0 Å². The van der Waals surface area contributed by atoms with E-state index in [1.54, 1.807) is 9.80 Å². The number of fused-ring (bicyclic) bond motifs is 4. The summed E-state index contributed by atoms with van der Waals surface area (Å²) in [5.41, 5.74) is -0.442. The van der Waals surface area contributed by atoms with Crippen LogP contribution in [0.25, 0.3) is 0 Å². The van der Waals surface area contributed by atoms with Gasteiger partial charge in [-0.3, -0.25) is 9.69 Å². The number of carbonyl (C=O) groups is 2. The minimum atomic E-state index is -0.858. The molecule has 4 atom stereocenters. The highest BCUT2D eigenvalue weighted by Gasteiger charge is 2.66. The van der Waals surface area contributed by atoms with Crippen LogP contribution in [-0.4, -0.2) is 64.5 Å². The molecule has 0 saturated carbocycles. The molecule has 146 valence electrons. The number of hydrogen-bond acceptors (Lipinski definition) is 5. The number of ether oxygens (including phenoxy) is 3. The Balaban J connectivity index is 1.51. The average Bonchev–Trinajstić information content (AvgIpc) is 2.86. The molecular weight excluding hydrogens is 348 g/mol. The molecule has 7 heteroatoms. The lowest BCUT2D eigenvalue weighted by molar-refractivity contribution is -0.204. The first kappa shape index (κ1) is 18.3. The van der Waals surface area contributed by atoms with E-state index in [1.165, 1.54) is 0 Å². The van der Waals surface area contributed by atoms with Gasteiger partial charge in [-0.25, -0.2) is 4.79 Å². The van der Waals surface area contributed by atoms with E-state index < -0.39 is 23.5 Å². The zero-order valence-corrected chi connectivity index (χ0v) is 16.2. The second-order valence-electron chi connectivity index (χ2n) is 8.58. The fourth-order valence-corrected chi connectivity index (χ4v) is 4.15. The molecule has 2 bridgehead atoms. The second kappa shape index (κ2) is 6.21. The summed E-state index contributed by atoms with van der Waals surface area (Å²) in [4.78, 5) is 28.8. The van der Waals surface area contributed by atoms with Gasteiger partial charge in [-0.1, -0.05) is 30.3 Å². The van der Waals surface area contributed by atoms with E-state index in [2.05, 4.69) is 0 Å². The molecule has 0 aromatic heterocycles. The minimum Gasteiger partial charge on any atom is -0.444 e. The van der Waals surface area contributed by atoms with Gasteiger partial charge in [0.1, 0.15) is 5.60 Å². The van der Waals surface area contributed by atoms with Crippen LogP contribution in [0.3, 0.4) is 0 Å². The average molecular weight is 374 g/mol. The molecule has 3 aliphatic rings. The summed E-state index contributed by atoms with van der Waals surface area (Å²) in [6.45, 7) is 8.41. The number of β-lactam (4-membered cyclic amide) rings is 1. The van der Waals surface area contributed by atoms with Crippen molar-refractivity contribution in [3.63, 3.8) is 0 Å². The molecule has 3 fully saturated rings. The van der Waals surface area contributed by atoms with Crippen molar-refractivity contribution in [2.24, 2.45) is 0 Å². The summed E-state index contributed by atoms with van der Waals surface area (Å²) in [5, 5.41) is 0. The van der Waals surface area contributed by atoms with Crippen molar-refractivity contribution in [1.29, 1.82) is 0 Å². The van der Waals surface area contributed by atoms with E-state index in [-0.39, 0.29) is 18.0 Å². The number of benzene rings is 1. The van der Waals surface area contributed by atoms with E-state index in [4.69, 9.17) is 14.2 Å². The molecule has 1 aromatic carbocycles. The SMILES string of the molecule is CC(C)(C)OC(=O)N1[C@H]2CO[C@]1(C)CN1C(=O)[C@@H](OCc3ccccc3)[C@@H]21. The van der Waals surface area contributed by atoms with Crippen molar-refractivity contribution in [3.05, 3.63) is 35.9 Å². The molecule has 3 heterocycles. The van der Waals surface area contributed by atoms with Crippen LogP contribution >= 0.6 is 0 Å². The molecule has 27 heavy (non-hydrogen) atoms. The summed E-state index contributed by atoms with van der Waals surface area (Å²) >= 11 is 0. The van der Waals surface area contributed by atoms with Crippen LogP contribution in [0.2, 0.25) is 0 Å². The van der Waals surface area contributed by atoms with Crippen molar-refractivity contribution in [2.75, 3.05) is 13.2 Å². The second-order valence-corrected chi connectivity index (χ2v) is 8.58. The highest BCUT2D eigenvalue weighted by molar-refractivity contribution is 5.90. The molecule has 1 aromatic rings. The maximum atomic E-state index is 12.8. The molecule has 0 N–H and O–H groups in total. The molecular formula is C20H26N2O5. The monoisotopic (exact) mass is 374 g/mol. The summed E-state index contributed by atoms with van der Waals surface area (Å²) in [5.74, 6) is -0.0403. The minimum absolute atomic E-state index is 0.0403. The van der Waals surface area contributed by atoms with E-state index in [0.717, 1.165) is 5.56 Å². The number of amides is 2. The number of piperazine rings is 1. The summed E-state index contributed by atoms with van der Waals surface area (Å²) < 4.78 is 17.4. The molecule has 3 aliphatic heterocycles. The highest BCUT2D eigenvalue weighted by atomic mass is 16.6. The van der Waals surface area contributed by atoms with Crippen molar-refractivity contribution in [2.45, 2.75) is 63.8 Å². The smallest absolute Gasteiger partial charge is 0.413 e.